The van der Waals surface area contributed by atoms with E-state index in [0.717, 1.165) is 25.4 Å². The Morgan fingerprint density at radius 2 is 2.20 bits per heavy atom. The van der Waals surface area contributed by atoms with Crippen LogP contribution in [0.25, 0.3) is 0 Å². The van der Waals surface area contributed by atoms with Crippen molar-refractivity contribution in [2.75, 3.05) is 18.6 Å². The molecule has 3 N–H and O–H groups in total. The number of fused-ring (bicyclic) bond motifs is 1. The smallest absolute Gasteiger partial charge is 0.140 e. The van der Waals surface area contributed by atoms with Crippen molar-refractivity contribution in [2.24, 2.45) is 5.84 Å². The van der Waals surface area contributed by atoms with E-state index in [2.05, 4.69) is 27.4 Å². The van der Waals surface area contributed by atoms with Gasteiger partial charge in [-0.2, -0.15) is 0 Å². The maximum atomic E-state index is 5.77. The second kappa shape index (κ2) is 5.90. The van der Waals surface area contributed by atoms with Crippen molar-refractivity contribution in [3.63, 3.8) is 0 Å². The molecule has 2 heterocycles. The number of rotatable bonds is 3. The van der Waals surface area contributed by atoms with Gasteiger partial charge in [-0.05, 0) is 23.8 Å². The second-order valence-electron chi connectivity index (χ2n) is 4.86. The van der Waals surface area contributed by atoms with E-state index in [1.54, 1.807) is 6.20 Å². The number of nitrogen functional groups attached to an aromatic ring is 1. The fourth-order valence-electron chi connectivity index (χ4n) is 2.42. The largest absolute Gasteiger partial charge is 0.492 e. The first-order valence-corrected chi connectivity index (χ1v) is 6.70. The van der Waals surface area contributed by atoms with Crippen molar-refractivity contribution in [3.05, 3.63) is 53.7 Å². The van der Waals surface area contributed by atoms with Crippen LogP contribution < -0.4 is 16.0 Å². The predicted octanol–water partition coefficient (Wildman–Crippen LogP) is 1.76. The minimum atomic E-state index is 0.689. The number of anilines is 1. The molecule has 0 bridgehead atoms. The number of benzene rings is 1. The molecule has 0 atom stereocenters. The van der Waals surface area contributed by atoms with Gasteiger partial charge in [0, 0.05) is 31.4 Å². The summed E-state index contributed by atoms with van der Waals surface area (Å²) in [5.74, 6) is 7.08. The fourth-order valence-corrected chi connectivity index (χ4v) is 2.42. The summed E-state index contributed by atoms with van der Waals surface area (Å²) in [6.45, 7) is 3.37. The highest BCUT2D eigenvalue weighted by Crippen LogP contribution is 2.23. The van der Waals surface area contributed by atoms with E-state index in [1.165, 1.54) is 11.1 Å². The number of hydrogen-bond acceptors (Lipinski definition) is 5. The third-order valence-corrected chi connectivity index (χ3v) is 3.41. The van der Waals surface area contributed by atoms with Crippen molar-refractivity contribution < 1.29 is 4.74 Å². The van der Waals surface area contributed by atoms with Crippen LogP contribution in [0.3, 0.4) is 0 Å². The number of hydrazine groups is 1. The van der Waals surface area contributed by atoms with Gasteiger partial charge in [-0.3, -0.25) is 4.90 Å². The highest BCUT2D eigenvalue weighted by molar-refractivity contribution is 5.36. The average Bonchev–Trinajstić information content (AvgIpc) is 2.69. The van der Waals surface area contributed by atoms with Crippen LogP contribution in [0.2, 0.25) is 0 Å². The van der Waals surface area contributed by atoms with Crippen LogP contribution in [0.5, 0.6) is 5.75 Å². The number of pyridine rings is 1. The molecule has 20 heavy (non-hydrogen) atoms. The van der Waals surface area contributed by atoms with E-state index in [9.17, 15) is 0 Å². The van der Waals surface area contributed by atoms with E-state index in [4.69, 9.17) is 10.6 Å². The maximum Gasteiger partial charge on any atom is 0.140 e. The molecule has 0 unspecified atom stereocenters. The third kappa shape index (κ3) is 2.89. The lowest BCUT2D eigenvalue weighted by Gasteiger charge is -2.19. The van der Waals surface area contributed by atoms with Crippen LogP contribution in [-0.4, -0.2) is 23.0 Å². The van der Waals surface area contributed by atoms with Gasteiger partial charge in [0.15, 0.2) is 0 Å². The molecule has 1 aromatic heterocycles. The van der Waals surface area contributed by atoms with Gasteiger partial charge in [0.1, 0.15) is 18.2 Å². The molecule has 0 spiro atoms. The molecule has 0 amide bonds. The summed E-state index contributed by atoms with van der Waals surface area (Å²) < 4.78 is 5.77. The monoisotopic (exact) mass is 270 g/mol. The Hall–Kier alpha value is -2.11. The Balaban J connectivity index is 1.74. The summed E-state index contributed by atoms with van der Waals surface area (Å²) in [6.07, 6.45) is 1.77. The minimum absolute atomic E-state index is 0.689. The normalized spacial score (nSPS) is 15.1. The van der Waals surface area contributed by atoms with Crippen molar-refractivity contribution >= 4 is 5.82 Å². The summed E-state index contributed by atoms with van der Waals surface area (Å²) in [7, 11) is 0. The van der Waals surface area contributed by atoms with Crippen LogP contribution in [0, 0.1) is 0 Å². The first-order chi connectivity index (χ1) is 9.85. The van der Waals surface area contributed by atoms with Crippen LogP contribution in [0.15, 0.2) is 42.6 Å². The van der Waals surface area contributed by atoms with E-state index < -0.39 is 0 Å². The minimum Gasteiger partial charge on any atom is -0.492 e. The van der Waals surface area contributed by atoms with Crippen LogP contribution in [-0.2, 0) is 13.1 Å². The summed E-state index contributed by atoms with van der Waals surface area (Å²) in [6, 6.07) is 12.2. The lowest BCUT2D eigenvalue weighted by Crippen LogP contribution is -2.25. The standard InChI is InChI=1S/C15H18N4O/c16-18-15-9-12(5-6-17-15)10-19-7-8-20-14-4-2-1-3-13(14)11-19/h1-6,9H,7-8,10-11,16H2,(H,17,18). The zero-order valence-electron chi connectivity index (χ0n) is 11.2. The van der Waals surface area contributed by atoms with Crippen molar-refractivity contribution in [1.82, 2.24) is 9.88 Å². The molecule has 104 valence electrons. The van der Waals surface area contributed by atoms with Gasteiger partial charge in [-0.1, -0.05) is 18.2 Å². The molecule has 0 saturated heterocycles. The van der Waals surface area contributed by atoms with Crippen molar-refractivity contribution in [2.45, 2.75) is 13.1 Å². The average molecular weight is 270 g/mol. The van der Waals surface area contributed by atoms with Gasteiger partial charge in [0.05, 0.1) is 0 Å². The highest BCUT2D eigenvalue weighted by Gasteiger charge is 2.15. The first kappa shape index (κ1) is 12.9. The Morgan fingerprint density at radius 1 is 1.30 bits per heavy atom. The lowest BCUT2D eigenvalue weighted by molar-refractivity contribution is 0.219. The summed E-state index contributed by atoms with van der Waals surface area (Å²) in [5.41, 5.74) is 5.00. The van der Waals surface area contributed by atoms with Gasteiger partial charge < -0.3 is 10.2 Å². The van der Waals surface area contributed by atoms with Gasteiger partial charge in [0.25, 0.3) is 0 Å². The van der Waals surface area contributed by atoms with Gasteiger partial charge in [-0.25, -0.2) is 10.8 Å². The topological polar surface area (TPSA) is 63.4 Å². The number of aromatic nitrogens is 1. The second-order valence-corrected chi connectivity index (χ2v) is 4.86. The van der Waals surface area contributed by atoms with Crippen LogP contribution >= 0.6 is 0 Å². The number of nitrogens with two attached hydrogens (primary N) is 1. The van der Waals surface area contributed by atoms with Crippen LogP contribution in [0.1, 0.15) is 11.1 Å². The van der Waals surface area contributed by atoms with Crippen molar-refractivity contribution in [3.8, 4) is 5.75 Å². The van der Waals surface area contributed by atoms with Gasteiger partial charge >= 0.3 is 0 Å². The number of nitrogens with one attached hydrogen (secondary N) is 1. The molecule has 5 nitrogen and oxygen atoms in total. The third-order valence-electron chi connectivity index (χ3n) is 3.41. The Kier molecular flexibility index (Phi) is 3.80. The van der Waals surface area contributed by atoms with Gasteiger partial charge in [0.2, 0.25) is 0 Å². The summed E-state index contributed by atoms with van der Waals surface area (Å²) in [5, 5.41) is 0. The highest BCUT2D eigenvalue weighted by atomic mass is 16.5. The molecular formula is C15H18N4O. The molecule has 3 rings (SSSR count). The number of nitrogens with zero attached hydrogens (tertiary/aromatic N) is 2. The zero-order valence-corrected chi connectivity index (χ0v) is 11.2. The number of para-hydroxylation sites is 1. The fraction of sp³-hybridized carbons (Fsp3) is 0.267. The lowest BCUT2D eigenvalue weighted by atomic mass is 10.1. The molecule has 5 heteroatoms. The summed E-state index contributed by atoms with van der Waals surface area (Å²) in [4.78, 5) is 6.49. The molecule has 0 aliphatic carbocycles. The van der Waals surface area contributed by atoms with E-state index >= 15 is 0 Å². The molecule has 0 saturated carbocycles. The van der Waals surface area contributed by atoms with E-state index in [1.807, 2.05) is 24.3 Å². The maximum absolute atomic E-state index is 5.77. The molecule has 2 aromatic rings. The zero-order chi connectivity index (χ0) is 13.8. The number of hydrogen-bond donors (Lipinski definition) is 2. The quantitative estimate of drug-likeness (QED) is 0.657. The number of ether oxygens (including phenoxy) is 1. The van der Waals surface area contributed by atoms with Crippen LogP contribution in [0.4, 0.5) is 5.82 Å². The Labute approximate surface area is 118 Å². The van der Waals surface area contributed by atoms with E-state index in [0.29, 0.717) is 12.4 Å². The molecule has 0 radical (unpaired) electrons. The van der Waals surface area contributed by atoms with Crippen molar-refractivity contribution in [1.29, 1.82) is 0 Å². The Bertz CT molecular complexity index is 588. The Morgan fingerprint density at radius 3 is 3.10 bits per heavy atom. The first-order valence-electron chi connectivity index (χ1n) is 6.70. The molecule has 0 fully saturated rings. The predicted molar refractivity (Wildman–Crippen MR) is 78.1 cm³/mol. The van der Waals surface area contributed by atoms with Gasteiger partial charge in [-0.15, -0.1) is 0 Å². The summed E-state index contributed by atoms with van der Waals surface area (Å²) >= 11 is 0. The molecule has 1 aliphatic rings. The molecule has 1 aromatic carbocycles. The molecule has 1 aliphatic heterocycles. The SMILES string of the molecule is NNc1cc(CN2CCOc3ccccc3C2)ccn1. The van der Waals surface area contributed by atoms with E-state index in [-0.39, 0.29) is 0 Å². The molecular weight excluding hydrogens is 252 g/mol.